The molecular weight excluding hydrogens is 326 g/mol. The summed E-state index contributed by atoms with van der Waals surface area (Å²) in [6.45, 7) is 3.52. The average molecular weight is 347 g/mol. The third-order valence-corrected chi connectivity index (χ3v) is 5.53. The third-order valence-electron chi connectivity index (χ3n) is 3.74. The van der Waals surface area contributed by atoms with Crippen molar-refractivity contribution in [3.05, 3.63) is 59.7 Å². The topological polar surface area (TPSA) is 63.7 Å². The molecule has 0 aliphatic rings. The molecule has 0 unspecified atom stereocenters. The minimum Gasteiger partial charge on any atom is -0.468 e. The second-order valence-corrected chi connectivity index (χ2v) is 7.28. The van der Waals surface area contributed by atoms with Gasteiger partial charge >= 0.3 is 5.97 Å². The number of ether oxygens (including phenoxy) is 1. The molecule has 0 spiro atoms. The predicted molar refractivity (Wildman–Crippen MR) is 93.5 cm³/mol. The van der Waals surface area contributed by atoms with Crippen molar-refractivity contribution in [3.8, 4) is 0 Å². The summed E-state index contributed by atoms with van der Waals surface area (Å²) in [5.41, 5.74) is 2.48. The van der Waals surface area contributed by atoms with Crippen LogP contribution in [0.4, 0.5) is 5.69 Å². The van der Waals surface area contributed by atoms with Crippen molar-refractivity contribution in [2.75, 3.05) is 18.0 Å². The van der Waals surface area contributed by atoms with Crippen LogP contribution in [0.25, 0.3) is 0 Å². The van der Waals surface area contributed by atoms with E-state index in [9.17, 15) is 13.2 Å². The number of carbonyl (C=O) groups excluding carboxylic acids is 1. The van der Waals surface area contributed by atoms with E-state index < -0.39 is 16.0 Å². The largest absolute Gasteiger partial charge is 0.468 e. The van der Waals surface area contributed by atoms with Crippen molar-refractivity contribution in [1.82, 2.24) is 0 Å². The van der Waals surface area contributed by atoms with Gasteiger partial charge < -0.3 is 4.74 Å². The smallest absolute Gasteiger partial charge is 0.326 e. The molecule has 24 heavy (non-hydrogen) atoms. The highest BCUT2D eigenvalue weighted by Gasteiger charge is 2.27. The standard InChI is InChI=1S/C18H21NO4S/c1-4-15-7-9-16(10-8-15)19(13-18(20)23-3)24(21,22)17-11-5-14(2)6-12-17/h5-12H,4,13H2,1-3H3. The van der Waals surface area contributed by atoms with Crippen LogP contribution in [0.15, 0.2) is 53.4 Å². The van der Waals surface area contributed by atoms with Crippen LogP contribution in [0.2, 0.25) is 0 Å². The Morgan fingerprint density at radius 2 is 1.62 bits per heavy atom. The lowest BCUT2D eigenvalue weighted by atomic mass is 10.1. The summed E-state index contributed by atoms with van der Waals surface area (Å²) in [4.78, 5) is 11.9. The van der Waals surface area contributed by atoms with Crippen molar-refractivity contribution >= 4 is 21.7 Å². The van der Waals surface area contributed by atoms with E-state index in [-0.39, 0.29) is 11.4 Å². The molecule has 0 atom stereocenters. The highest BCUT2D eigenvalue weighted by atomic mass is 32.2. The number of rotatable bonds is 6. The van der Waals surface area contributed by atoms with Gasteiger partial charge in [0.1, 0.15) is 6.54 Å². The second-order valence-electron chi connectivity index (χ2n) is 5.42. The summed E-state index contributed by atoms with van der Waals surface area (Å²) in [5.74, 6) is -0.620. The first-order valence-electron chi connectivity index (χ1n) is 7.63. The van der Waals surface area contributed by atoms with Crippen LogP contribution in [0, 0.1) is 6.92 Å². The van der Waals surface area contributed by atoms with Crippen LogP contribution >= 0.6 is 0 Å². The Balaban J connectivity index is 2.47. The highest BCUT2D eigenvalue weighted by Crippen LogP contribution is 2.24. The molecule has 0 bridgehead atoms. The molecule has 0 saturated heterocycles. The van der Waals surface area contributed by atoms with Gasteiger partial charge in [-0.3, -0.25) is 9.10 Å². The highest BCUT2D eigenvalue weighted by molar-refractivity contribution is 7.92. The zero-order valence-electron chi connectivity index (χ0n) is 14.0. The molecule has 0 aliphatic carbocycles. The molecule has 6 heteroatoms. The molecule has 2 aromatic rings. The number of esters is 1. The van der Waals surface area contributed by atoms with E-state index in [4.69, 9.17) is 0 Å². The first kappa shape index (κ1) is 18.0. The van der Waals surface area contributed by atoms with Crippen LogP contribution in [0.1, 0.15) is 18.1 Å². The van der Waals surface area contributed by atoms with E-state index in [0.717, 1.165) is 21.9 Å². The van der Waals surface area contributed by atoms with Crippen molar-refractivity contribution in [1.29, 1.82) is 0 Å². The Bertz CT molecular complexity index is 796. The van der Waals surface area contributed by atoms with Gasteiger partial charge in [-0.15, -0.1) is 0 Å². The van der Waals surface area contributed by atoms with Gasteiger partial charge in [0.2, 0.25) is 0 Å². The van der Waals surface area contributed by atoms with Crippen LogP contribution in [0.3, 0.4) is 0 Å². The monoisotopic (exact) mass is 347 g/mol. The van der Waals surface area contributed by atoms with Gasteiger partial charge in [-0.1, -0.05) is 36.8 Å². The lowest BCUT2D eigenvalue weighted by Crippen LogP contribution is -2.36. The summed E-state index contributed by atoms with van der Waals surface area (Å²) in [6.07, 6.45) is 0.849. The minimum absolute atomic E-state index is 0.136. The number of anilines is 1. The normalized spacial score (nSPS) is 11.1. The van der Waals surface area contributed by atoms with Gasteiger partial charge in [0, 0.05) is 0 Å². The maximum atomic E-state index is 13.0. The van der Waals surface area contributed by atoms with Crippen molar-refractivity contribution in [2.45, 2.75) is 25.2 Å². The molecular formula is C18H21NO4S. The number of hydrogen-bond donors (Lipinski definition) is 0. The van der Waals surface area contributed by atoms with E-state index in [1.165, 1.54) is 19.2 Å². The summed E-state index contributed by atoms with van der Waals surface area (Å²) in [7, 11) is -2.63. The van der Waals surface area contributed by atoms with E-state index in [2.05, 4.69) is 4.74 Å². The van der Waals surface area contributed by atoms with Crippen LogP contribution < -0.4 is 4.31 Å². The molecule has 5 nitrogen and oxygen atoms in total. The Morgan fingerprint density at radius 3 is 2.12 bits per heavy atom. The van der Waals surface area contributed by atoms with Crippen LogP contribution in [0.5, 0.6) is 0 Å². The fourth-order valence-corrected chi connectivity index (χ4v) is 3.64. The van der Waals surface area contributed by atoms with E-state index >= 15 is 0 Å². The third kappa shape index (κ3) is 3.94. The summed E-state index contributed by atoms with van der Waals surface area (Å²) < 4.78 is 31.7. The van der Waals surface area contributed by atoms with E-state index in [0.29, 0.717) is 5.69 Å². The molecule has 0 N–H and O–H groups in total. The zero-order valence-corrected chi connectivity index (χ0v) is 14.8. The van der Waals surface area contributed by atoms with Crippen LogP contribution in [-0.4, -0.2) is 28.0 Å². The van der Waals surface area contributed by atoms with Gasteiger partial charge in [-0.25, -0.2) is 8.42 Å². The maximum Gasteiger partial charge on any atom is 0.326 e. The maximum absolute atomic E-state index is 13.0. The lowest BCUT2D eigenvalue weighted by molar-refractivity contribution is -0.138. The number of nitrogens with zero attached hydrogens (tertiary/aromatic N) is 1. The number of hydrogen-bond acceptors (Lipinski definition) is 4. The quantitative estimate of drug-likeness (QED) is 0.754. The van der Waals surface area contributed by atoms with Crippen molar-refractivity contribution in [2.24, 2.45) is 0 Å². The Hall–Kier alpha value is -2.34. The summed E-state index contributed by atoms with van der Waals surface area (Å²) in [5, 5.41) is 0. The van der Waals surface area contributed by atoms with Gasteiger partial charge in [-0.2, -0.15) is 0 Å². The number of carbonyl (C=O) groups is 1. The second kappa shape index (κ2) is 7.49. The number of sulfonamides is 1. The van der Waals surface area contributed by atoms with Gasteiger partial charge in [-0.05, 0) is 43.2 Å². The lowest BCUT2D eigenvalue weighted by Gasteiger charge is -2.23. The fourth-order valence-electron chi connectivity index (χ4n) is 2.23. The van der Waals surface area contributed by atoms with Gasteiger partial charge in [0.15, 0.2) is 0 Å². The molecule has 128 valence electrons. The van der Waals surface area contributed by atoms with Crippen molar-refractivity contribution in [3.63, 3.8) is 0 Å². The molecule has 0 heterocycles. The van der Waals surface area contributed by atoms with E-state index in [1.807, 2.05) is 26.0 Å². The van der Waals surface area contributed by atoms with Gasteiger partial charge in [0.05, 0.1) is 17.7 Å². The molecule has 0 fully saturated rings. The van der Waals surface area contributed by atoms with E-state index in [1.54, 1.807) is 24.3 Å². The SMILES string of the molecule is CCc1ccc(N(CC(=O)OC)S(=O)(=O)c2ccc(C)cc2)cc1. The molecule has 0 aliphatic heterocycles. The molecule has 0 aromatic heterocycles. The van der Waals surface area contributed by atoms with Crippen LogP contribution in [-0.2, 0) is 26.0 Å². The minimum atomic E-state index is -3.86. The Labute approximate surface area is 142 Å². The first-order valence-corrected chi connectivity index (χ1v) is 9.07. The molecule has 0 saturated carbocycles. The van der Waals surface area contributed by atoms with Gasteiger partial charge in [0.25, 0.3) is 10.0 Å². The molecule has 0 radical (unpaired) electrons. The number of benzene rings is 2. The molecule has 2 rings (SSSR count). The number of methoxy groups -OCH3 is 1. The summed E-state index contributed by atoms with van der Waals surface area (Å²) >= 11 is 0. The Morgan fingerprint density at radius 1 is 1.04 bits per heavy atom. The first-order chi connectivity index (χ1) is 11.4. The summed E-state index contributed by atoms with van der Waals surface area (Å²) in [6, 6.07) is 13.6. The predicted octanol–water partition coefficient (Wildman–Crippen LogP) is 2.93. The molecule has 2 aromatic carbocycles. The average Bonchev–Trinajstić information content (AvgIpc) is 2.59. The number of aryl methyl sites for hydroxylation is 2. The zero-order chi connectivity index (χ0) is 17.7. The van der Waals surface area contributed by atoms with Crippen molar-refractivity contribution < 1.29 is 17.9 Å². The fraction of sp³-hybridized carbons (Fsp3) is 0.278. The molecule has 0 amide bonds. The Kier molecular flexibility index (Phi) is 5.62.